The van der Waals surface area contributed by atoms with E-state index in [1.54, 1.807) is 0 Å². The van der Waals surface area contributed by atoms with E-state index in [0.717, 1.165) is 9.39 Å². The fraction of sp³-hybridized carbons (Fsp3) is 0.692. The van der Waals surface area contributed by atoms with E-state index in [-0.39, 0.29) is 0 Å². The van der Waals surface area contributed by atoms with E-state index < -0.39 is 0 Å². The maximum atomic E-state index is 6.05. The Bertz CT molecular complexity index is 423. The van der Waals surface area contributed by atoms with Gasteiger partial charge in [-0.2, -0.15) is 0 Å². The van der Waals surface area contributed by atoms with Crippen molar-refractivity contribution in [3.05, 3.63) is 15.1 Å². The van der Waals surface area contributed by atoms with E-state index in [4.69, 9.17) is 10.7 Å². The van der Waals surface area contributed by atoms with Gasteiger partial charge in [-0.3, -0.25) is 0 Å². The van der Waals surface area contributed by atoms with Crippen LogP contribution in [0.15, 0.2) is 0 Å². The van der Waals surface area contributed by atoms with Gasteiger partial charge in [-0.15, -0.1) is 0 Å². The molecule has 3 nitrogen and oxygen atoms in total. The Morgan fingerprint density at radius 3 is 2.18 bits per heavy atom. The zero-order valence-corrected chi connectivity index (χ0v) is 12.1. The summed E-state index contributed by atoms with van der Waals surface area (Å²) < 4.78 is 1.09. The lowest BCUT2D eigenvalue weighted by molar-refractivity contribution is 0.399. The quantitative estimate of drug-likeness (QED) is 0.835. The zero-order chi connectivity index (χ0) is 11.8. The monoisotopic (exact) mass is 343 g/mol. The second-order valence-corrected chi connectivity index (χ2v) is 6.35. The van der Waals surface area contributed by atoms with Crippen LogP contribution >= 0.6 is 22.6 Å². The Morgan fingerprint density at radius 2 is 1.59 bits per heavy atom. The van der Waals surface area contributed by atoms with Crippen molar-refractivity contribution >= 4 is 28.4 Å². The van der Waals surface area contributed by atoms with Gasteiger partial charge in [-0.05, 0) is 48.3 Å². The molecule has 1 aromatic rings. The molecule has 0 atom stereocenters. The van der Waals surface area contributed by atoms with Gasteiger partial charge in [0.05, 0.1) is 9.26 Å². The molecule has 1 heterocycles. The van der Waals surface area contributed by atoms with Gasteiger partial charge in [-0.1, -0.05) is 19.3 Å². The van der Waals surface area contributed by atoms with Crippen molar-refractivity contribution in [2.75, 3.05) is 5.73 Å². The molecular formula is C13H18IN3. The first kappa shape index (κ1) is 11.7. The number of nitrogens with zero attached hydrogens (tertiary/aromatic N) is 2. The van der Waals surface area contributed by atoms with Crippen LogP contribution in [-0.4, -0.2) is 9.97 Å². The molecule has 2 aliphatic carbocycles. The number of nitrogens with two attached hydrogens (primary N) is 1. The maximum Gasteiger partial charge on any atom is 0.140 e. The summed E-state index contributed by atoms with van der Waals surface area (Å²) in [6, 6.07) is 0. The SMILES string of the molecule is Nc1nc(C2CCC2)nc(C2CCCC2)c1I. The number of nitrogen functional groups attached to an aromatic ring is 1. The first-order valence-electron chi connectivity index (χ1n) is 6.58. The molecule has 2 fully saturated rings. The molecule has 0 bridgehead atoms. The molecule has 0 spiro atoms. The van der Waals surface area contributed by atoms with Crippen LogP contribution in [0.3, 0.4) is 0 Å². The van der Waals surface area contributed by atoms with Gasteiger partial charge in [0.15, 0.2) is 0 Å². The van der Waals surface area contributed by atoms with E-state index in [9.17, 15) is 0 Å². The molecule has 2 saturated carbocycles. The molecule has 0 radical (unpaired) electrons. The summed E-state index contributed by atoms with van der Waals surface area (Å²) in [7, 11) is 0. The second-order valence-electron chi connectivity index (χ2n) is 5.28. The Balaban J connectivity index is 1.96. The highest BCUT2D eigenvalue weighted by Gasteiger charge is 2.27. The summed E-state index contributed by atoms with van der Waals surface area (Å²) >= 11 is 2.31. The van der Waals surface area contributed by atoms with Crippen molar-refractivity contribution in [3.63, 3.8) is 0 Å². The van der Waals surface area contributed by atoms with Gasteiger partial charge in [0.25, 0.3) is 0 Å². The molecule has 92 valence electrons. The fourth-order valence-corrected chi connectivity index (χ4v) is 3.50. The molecule has 0 amide bonds. The van der Waals surface area contributed by atoms with Gasteiger partial charge in [0.1, 0.15) is 11.6 Å². The largest absolute Gasteiger partial charge is 0.383 e. The zero-order valence-electron chi connectivity index (χ0n) is 9.95. The topological polar surface area (TPSA) is 51.8 Å². The first-order chi connectivity index (χ1) is 8.25. The minimum absolute atomic E-state index is 0.578. The van der Waals surface area contributed by atoms with Gasteiger partial charge in [0, 0.05) is 11.8 Å². The Labute approximate surface area is 116 Å². The van der Waals surface area contributed by atoms with Crippen LogP contribution in [0, 0.1) is 3.57 Å². The minimum atomic E-state index is 0.578. The van der Waals surface area contributed by atoms with Crippen molar-refractivity contribution in [1.82, 2.24) is 9.97 Å². The van der Waals surface area contributed by atoms with E-state index in [1.165, 1.54) is 50.6 Å². The molecule has 0 aliphatic heterocycles. The van der Waals surface area contributed by atoms with Crippen LogP contribution in [0.25, 0.3) is 0 Å². The lowest BCUT2D eigenvalue weighted by Gasteiger charge is -2.25. The average Bonchev–Trinajstić information content (AvgIpc) is 2.73. The standard InChI is InChI=1S/C13H18IN3/c14-10-11(8-4-1-2-5-8)16-13(17-12(10)15)9-6-3-7-9/h8-9H,1-7H2,(H2,15,16,17). The number of hydrogen-bond donors (Lipinski definition) is 1. The normalized spacial score (nSPS) is 21.7. The van der Waals surface area contributed by atoms with E-state index in [2.05, 4.69) is 27.6 Å². The lowest BCUT2D eigenvalue weighted by atomic mass is 9.84. The van der Waals surface area contributed by atoms with Gasteiger partial charge >= 0.3 is 0 Å². The predicted octanol–water partition coefficient (Wildman–Crippen LogP) is 3.59. The van der Waals surface area contributed by atoms with E-state index >= 15 is 0 Å². The highest BCUT2D eigenvalue weighted by Crippen LogP contribution is 2.39. The molecule has 2 aliphatic rings. The number of rotatable bonds is 2. The summed E-state index contributed by atoms with van der Waals surface area (Å²) in [5, 5.41) is 0. The summed E-state index contributed by atoms with van der Waals surface area (Å²) in [4.78, 5) is 9.32. The van der Waals surface area contributed by atoms with Crippen LogP contribution in [0.4, 0.5) is 5.82 Å². The van der Waals surface area contributed by atoms with E-state index in [0.29, 0.717) is 17.7 Å². The van der Waals surface area contributed by atoms with Crippen molar-refractivity contribution in [1.29, 1.82) is 0 Å². The minimum Gasteiger partial charge on any atom is -0.383 e. The van der Waals surface area contributed by atoms with Crippen molar-refractivity contribution in [2.45, 2.75) is 56.8 Å². The highest BCUT2D eigenvalue weighted by molar-refractivity contribution is 14.1. The Kier molecular flexibility index (Phi) is 3.23. The molecule has 0 aromatic carbocycles. The smallest absolute Gasteiger partial charge is 0.140 e. The molecule has 1 aromatic heterocycles. The van der Waals surface area contributed by atoms with Crippen LogP contribution in [-0.2, 0) is 0 Å². The summed E-state index contributed by atoms with van der Waals surface area (Å²) in [5.41, 5.74) is 7.28. The molecule has 3 rings (SSSR count). The molecule has 0 unspecified atom stereocenters. The lowest BCUT2D eigenvalue weighted by Crippen LogP contribution is -2.17. The Hall–Kier alpha value is -0.390. The van der Waals surface area contributed by atoms with Crippen LogP contribution in [0.5, 0.6) is 0 Å². The summed E-state index contributed by atoms with van der Waals surface area (Å²) in [6.07, 6.45) is 9.02. The second kappa shape index (κ2) is 4.71. The van der Waals surface area contributed by atoms with Crippen molar-refractivity contribution in [2.24, 2.45) is 0 Å². The van der Waals surface area contributed by atoms with Crippen molar-refractivity contribution < 1.29 is 0 Å². The maximum absolute atomic E-state index is 6.05. The third-order valence-electron chi connectivity index (χ3n) is 4.13. The Morgan fingerprint density at radius 1 is 0.941 bits per heavy atom. The van der Waals surface area contributed by atoms with Crippen LogP contribution < -0.4 is 5.73 Å². The number of anilines is 1. The molecule has 17 heavy (non-hydrogen) atoms. The van der Waals surface area contributed by atoms with Gasteiger partial charge in [0.2, 0.25) is 0 Å². The van der Waals surface area contributed by atoms with E-state index in [1.807, 2.05) is 0 Å². The molecule has 2 N–H and O–H groups in total. The fourth-order valence-electron chi connectivity index (χ4n) is 2.82. The molecule has 0 saturated heterocycles. The molecular weight excluding hydrogens is 325 g/mol. The third kappa shape index (κ3) is 2.16. The van der Waals surface area contributed by atoms with Gasteiger partial charge in [-0.25, -0.2) is 9.97 Å². The summed E-state index contributed by atoms with van der Waals surface area (Å²) in [6.45, 7) is 0. The number of halogens is 1. The van der Waals surface area contributed by atoms with Crippen molar-refractivity contribution in [3.8, 4) is 0 Å². The highest BCUT2D eigenvalue weighted by atomic mass is 127. The third-order valence-corrected chi connectivity index (χ3v) is 5.24. The average molecular weight is 343 g/mol. The van der Waals surface area contributed by atoms with Crippen LogP contribution in [0.1, 0.15) is 68.3 Å². The number of aromatic nitrogens is 2. The van der Waals surface area contributed by atoms with Gasteiger partial charge < -0.3 is 5.73 Å². The van der Waals surface area contributed by atoms with Crippen LogP contribution in [0.2, 0.25) is 0 Å². The number of hydrogen-bond acceptors (Lipinski definition) is 3. The first-order valence-corrected chi connectivity index (χ1v) is 7.66. The molecule has 4 heteroatoms. The summed E-state index contributed by atoms with van der Waals surface area (Å²) in [5.74, 6) is 2.92. The predicted molar refractivity (Wildman–Crippen MR) is 77.0 cm³/mol.